The van der Waals surface area contributed by atoms with Gasteiger partial charge in [-0.3, -0.25) is 14.4 Å². The minimum Gasteiger partial charge on any atom is -0.481 e. The van der Waals surface area contributed by atoms with E-state index in [-0.39, 0.29) is 42.3 Å². The number of nitriles is 1. The monoisotopic (exact) mass is 485 g/mol. The molecule has 0 radical (unpaired) electrons. The fourth-order valence-electron chi connectivity index (χ4n) is 4.84. The average Bonchev–Trinajstić information content (AvgIpc) is 3.19. The fraction of sp³-hybridized carbons (Fsp3) is 0.773. The topological polar surface area (TPSA) is 177 Å². The number of carbonyl (C=O) groups is 4. The summed E-state index contributed by atoms with van der Waals surface area (Å²) < 4.78 is 18.7. The number of carboxylic acids is 2. The SMILES string of the molecule is CCOC(=O)C12CCC(NCC(=O)N3C[C@@H](F)C[C@H]3C#N)(CC1)CC2.O=C(O)CC(O)C(=O)O. The molecule has 0 aromatic heterocycles. The van der Waals surface area contributed by atoms with Crippen molar-refractivity contribution in [2.45, 2.75) is 82.1 Å². The number of hydrogen-bond acceptors (Lipinski definition) is 8. The van der Waals surface area contributed by atoms with E-state index in [2.05, 4.69) is 5.32 Å². The molecular formula is C22H32FN3O8. The van der Waals surface area contributed by atoms with Crippen LogP contribution in [0.2, 0.25) is 0 Å². The number of aliphatic hydroxyl groups is 1. The molecule has 3 aliphatic carbocycles. The zero-order chi connectivity index (χ0) is 25.5. The van der Waals surface area contributed by atoms with Gasteiger partial charge in [0.25, 0.3) is 0 Å². The van der Waals surface area contributed by atoms with Crippen LogP contribution in [0.5, 0.6) is 0 Å². The molecule has 0 spiro atoms. The Morgan fingerprint density at radius 2 is 1.76 bits per heavy atom. The van der Waals surface area contributed by atoms with Gasteiger partial charge in [-0.15, -0.1) is 0 Å². The number of nitrogens with one attached hydrogen (secondary N) is 1. The van der Waals surface area contributed by atoms with Crippen LogP contribution in [0, 0.1) is 16.7 Å². The fourth-order valence-corrected chi connectivity index (χ4v) is 4.84. The molecule has 4 rings (SSSR count). The summed E-state index contributed by atoms with van der Waals surface area (Å²) in [6, 6.07) is 1.35. The first kappa shape index (κ1) is 27.5. The van der Waals surface area contributed by atoms with Gasteiger partial charge in [-0.05, 0) is 45.4 Å². The van der Waals surface area contributed by atoms with Gasteiger partial charge in [0.15, 0.2) is 6.10 Å². The number of rotatable bonds is 8. The average molecular weight is 486 g/mol. The lowest BCUT2D eigenvalue weighted by atomic mass is 9.57. The van der Waals surface area contributed by atoms with E-state index in [1.54, 1.807) is 0 Å². The molecular weight excluding hydrogens is 453 g/mol. The lowest BCUT2D eigenvalue weighted by Crippen LogP contribution is -2.58. The van der Waals surface area contributed by atoms with Crippen LogP contribution in [0.4, 0.5) is 4.39 Å². The number of amides is 1. The third-order valence-corrected chi connectivity index (χ3v) is 6.94. The molecule has 12 heteroatoms. The third kappa shape index (κ3) is 6.64. The van der Waals surface area contributed by atoms with Gasteiger partial charge in [0.2, 0.25) is 5.91 Å². The molecule has 3 saturated carbocycles. The van der Waals surface area contributed by atoms with E-state index in [9.17, 15) is 23.6 Å². The maximum atomic E-state index is 13.5. The molecule has 190 valence electrons. The summed E-state index contributed by atoms with van der Waals surface area (Å²) >= 11 is 0. The van der Waals surface area contributed by atoms with Gasteiger partial charge in [0.05, 0.1) is 37.6 Å². The van der Waals surface area contributed by atoms with E-state index >= 15 is 0 Å². The molecule has 34 heavy (non-hydrogen) atoms. The van der Waals surface area contributed by atoms with Crippen molar-refractivity contribution in [2.75, 3.05) is 19.7 Å². The van der Waals surface area contributed by atoms with Crippen molar-refractivity contribution in [1.29, 1.82) is 5.26 Å². The summed E-state index contributed by atoms with van der Waals surface area (Å²) in [6.07, 6.45) is 1.32. The predicted octanol–water partition coefficient (Wildman–Crippen LogP) is 0.601. The van der Waals surface area contributed by atoms with Crippen LogP contribution in [0.15, 0.2) is 0 Å². The molecule has 1 amide bonds. The Kier molecular flexibility index (Phi) is 9.35. The molecule has 1 unspecified atom stereocenters. The minimum absolute atomic E-state index is 0.0116. The van der Waals surface area contributed by atoms with Crippen molar-refractivity contribution in [3.8, 4) is 6.07 Å². The quantitative estimate of drug-likeness (QED) is 0.356. The molecule has 11 nitrogen and oxygen atoms in total. The van der Waals surface area contributed by atoms with Gasteiger partial charge in [0.1, 0.15) is 12.2 Å². The van der Waals surface area contributed by atoms with E-state index < -0.39 is 36.7 Å². The van der Waals surface area contributed by atoms with Crippen LogP contribution in [-0.4, -0.2) is 87.6 Å². The number of hydrogen-bond donors (Lipinski definition) is 4. The maximum absolute atomic E-state index is 13.5. The molecule has 0 aromatic rings. The maximum Gasteiger partial charge on any atom is 0.333 e. The predicted molar refractivity (Wildman–Crippen MR) is 114 cm³/mol. The number of nitrogens with zero attached hydrogens (tertiary/aromatic N) is 2. The Bertz CT molecular complexity index is 805. The highest BCUT2D eigenvalue weighted by Crippen LogP contribution is 2.52. The molecule has 4 fully saturated rings. The summed E-state index contributed by atoms with van der Waals surface area (Å²) in [5.74, 6) is -3.14. The van der Waals surface area contributed by atoms with E-state index in [1.165, 1.54) is 4.90 Å². The second kappa shape index (κ2) is 11.6. The van der Waals surface area contributed by atoms with Crippen molar-refractivity contribution in [1.82, 2.24) is 10.2 Å². The van der Waals surface area contributed by atoms with Crippen molar-refractivity contribution in [3.63, 3.8) is 0 Å². The van der Waals surface area contributed by atoms with Gasteiger partial charge >= 0.3 is 17.9 Å². The van der Waals surface area contributed by atoms with E-state index in [4.69, 9.17) is 25.3 Å². The zero-order valence-electron chi connectivity index (χ0n) is 19.2. The lowest BCUT2D eigenvalue weighted by molar-refractivity contribution is -0.163. The number of halogens is 1. The van der Waals surface area contributed by atoms with Crippen LogP contribution in [0.25, 0.3) is 0 Å². The molecule has 1 saturated heterocycles. The lowest BCUT2D eigenvalue weighted by Gasteiger charge is -2.52. The van der Waals surface area contributed by atoms with Crippen LogP contribution < -0.4 is 5.32 Å². The van der Waals surface area contributed by atoms with Crippen LogP contribution >= 0.6 is 0 Å². The van der Waals surface area contributed by atoms with Gasteiger partial charge in [0, 0.05) is 12.0 Å². The summed E-state index contributed by atoms with van der Waals surface area (Å²) in [5.41, 5.74) is -0.466. The molecule has 2 bridgehead atoms. The number of ether oxygens (including phenoxy) is 1. The largest absolute Gasteiger partial charge is 0.481 e. The highest BCUT2D eigenvalue weighted by atomic mass is 19.1. The second-order valence-corrected chi connectivity index (χ2v) is 9.11. The molecule has 0 aromatic carbocycles. The van der Waals surface area contributed by atoms with Crippen molar-refractivity contribution >= 4 is 23.8 Å². The molecule has 4 N–H and O–H groups in total. The molecule has 1 aliphatic heterocycles. The van der Waals surface area contributed by atoms with Gasteiger partial charge < -0.3 is 30.3 Å². The number of fused-ring (bicyclic) bond motifs is 3. The van der Waals surface area contributed by atoms with Crippen molar-refractivity contribution in [3.05, 3.63) is 0 Å². The minimum atomic E-state index is -1.79. The van der Waals surface area contributed by atoms with E-state index in [1.807, 2.05) is 13.0 Å². The van der Waals surface area contributed by atoms with Gasteiger partial charge in [-0.2, -0.15) is 5.26 Å². The van der Waals surface area contributed by atoms with Gasteiger partial charge in [-0.25, -0.2) is 9.18 Å². The first-order valence-corrected chi connectivity index (χ1v) is 11.4. The van der Waals surface area contributed by atoms with Crippen LogP contribution in [0.3, 0.4) is 0 Å². The van der Waals surface area contributed by atoms with Crippen molar-refractivity contribution in [2.24, 2.45) is 5.41 Å². The number of carbonyl (C=O) groups excluding carboxylic acids is 2. The number of likely N-dealkylation sites (tertiary alicyclic amines) is 1. The van der Waals surface area contributed by atoms with Gasteiger partial charge in [-0.1, -0.05) is 0 Å². The Morgan fingerprint density at radius 3 is 2.21 bits per heavy atom. The number of aliphatic hydroxyl groups excluding tert-OH is 1. The van der Waals surface area contributed by atoms with Crippen molar-refractivity contribution < 1.29 is 43.6 Å². The molecule has 4 aliphatic rings. The zero-order valence-corrected chi connectivity index (χ0v) is 19.2. The normalized spacial score (nSPS) is 30.5. The Morgan fingerprint density at radius 1 is 1.18 bits per heavy atom. The standard InChI is InChI=1S/C18H26FN3O3.C4H6O5/c1-2-25-16(24)17-3-6-18(7-4-17,8-5-17)21-11-15(23)22-12-13(19)9-14(22)10-20;5-2(4(8)9)1-3(6)7/h13-14,21H,2-9,11-12H2,1H3;2,5H,1H2,(H,6,7)(H,8,9)/t13-,14-,17?,18?;/m0./s1. The number of alkyl halides is 1. The Hall–Kier alpha value is -2.78. The number of carboxylic acid groups (broad SMARTS) is 2. The van der Waals surface area contributed by atoms with Crippen LogP contribution in [0.1, 0.15) is 58.3 Å². The highest BCUT2D eigenvalue weighted by Gasteiger charge is 2.53. The Balaban J connectivity index is 0.000000387. The molecule has 3 atom stereocenters. The van der Waals surface area contributed by atoms with E-state index in [0.29, 0.717) is 6.61 Å². The first-order chi connectivity index (χ1) is 16.0. The summed E-state index contributed by atoms with van der Waals surface area (Å²) in [4.78, 5) is 45.4. The van der Waals surface area contributed by atoms with Crippen LogP contribution in [-0.2, 0) is 23.9 Å². The Labute approximate surface area is 196 Å². The number of esters is 1. The van der Waals surface area contributed by atoms with E-state index in [0.717, 1.165) is 38.5 Å². The summed E-state index contributed by atoms with van der Waals surface area (Å²) in [6.45, 7) is 2.37. The third-order valence-electron chi connectivity index (χ3n) is 6.94. The first-order valence-electron chi connectivity index (χ1n) is 11.4. The highest BCUT2D eigenvalue weighted by molar-refractivity contribution is 5.80. The second-order valence-electron chi connectivity index (χ2n) is 9.11. The summed E-state index contributed by atoms with van der Waals surface area (Å²) in [7, 11) is 0. The smallest absolute Gasteiger partial charge is 0.333 e. The summed E-state index contributed by atoms with van der Waals surface area (Å²) in [5, 5.41) is 36.6. The number of aliphatic carboxylic acids is 2. The molecule has 1 heterocycles.